The summed E-state index contributed by atoms with van der Waals surface area (Å²) in [6.07, 6.45) is 3.43. The van der Waals surface area contributed by atoms with Crippen LogP contribution in [0.2, 0.25) is 0 Å². The zero-order chi connectivity index (χ0) is 19.5. The summed E-state index contributed by atoms with van der Waals surface area (Å²) >= 11 is 0. The van der Waals surface area contributed by atoms with Crippen LogP contribution in [0.25, 0.3) is 0 Å². The number of hydrogen-bond acceptors (Lipinski definition) is 6. The Labute approximate surface area is 163 Å². The maximum atomic E-state index is 10.9. The molecule has 28 heavy (non-hydrogen) atoms. The molecule has 1 fully saturated rings. The lowest BCUT2D eigenvalue weighted by atomic mass is 10.1. The number of nitrogens with two attached hydrogens (primary N) is 1. The molecule has 8 heteroatoms. The lowest BCUT2D eigenvalue weighted by Gasteiger charge is -2.09. The predicted molar refractivity (Wildman–Crippen MR) is 108 cm³/mol. The highest BCUT2D eigenvalue weighted by Gasteiger charge is 2.25. The monoisotopic (exact) mass is 377 g/mol. The van der Waals surface area contributed by atoms with Crippen LogP contribution in [0.5, 0.6) is 0 Å². The fourth-order valence-corrected chi connectivity index (χ4v) is 2.98. The van der Waals surface area contributed by atoms with E-state index in [0.717, 1.165) is 22.8 Å². The SMILES string of the molecule is Cc1cc(Nc2cc(C3CC3)[nH]n2)nc(Nc2ccc(CCC(N)=O)cc2)n1. The number of hydrogen-bond donors (Lipinski definition) is 4. The topological polar surface area (TPSA) is 122 Å². The molecule has 0 unspecified atom stereocenters. The van der Waals surface area contributed by atoms with Crippen LogP contribution in [0.3, 0.4) is 0 Å². The molecule has 144 valence electrons. The zero-order valence-electron chi connectivity index (χ0n) is 15.7. The second-order valence-electron chi connectivity index (χ2n) is 7.11. The normalized spacial score (nSPS) is 13.3. The van der Waals surface area contributed by atoms with E-state index in [2.05, 4.69) is 30.8 Å². The molecular weight excluding hydrogens is 354 g/mol. The van der Waals surface area contributed by atoms with Crippen molar-refractivity contribution in [2.45, 2.75) is 38.5 Å². The summed E-state index contributed by atoms with van der Waals surface area (Å²) < 4.78 is 0. The molecule has 8 nitrogen and oxygen atoms in total. The van der Waals surface area contributed by atoms with Crippen LogP contribution < -0.4 is 16.4 Å². The quantitative estimate of drug-likeness (QED) is 0.478. The van der Waals surface area contributed by atoms with Gasteiger partial charge in [-0.25, -0.2) is 4.98 Å². The number of rotatable bonds is 8. The van der Waals surface area contributed by atoms with Gasteiger partial charge in [0, 0.05) is 41.5 Å². The first-order valence-corrected chi connectivity index (χ1v) is 9.37. The summed E-state index contributed by atoms with van der Waals surface area (Å²) in [6.45, 7) is 1.92. The molecule has 0 radical (unpaired) electrons. The Balaban J connectivity index is 1.43. The first-order chi connectivity index (χ1) is 13.5. The summed E-state index contributed by atoms with van der Waals surface area (Å²) in [5.74, 6) is 2.27. The van der Waals surface area contributed by atoms with E-state index in [4.69, 9.17) is 5.73 Å². The lowest BCUT2D eigenvalue weighted by molar-refractivity contribution is -0.117. The average molecular weight is 377 g/mol. The predicted octanol–water partition coefficient (Wildman–Crippen LogP) is 3.29. The van der Waals surface area contributed by atoms with Gasteiger partial charge in [-0.05, 0) is 43.9 Å². The Morgan fingerprint density at radius 1 is 1.14 bits per heavy atom. The number of aromatic nitrogens is 4. The third-order valence-corrected chi connectivity index (χ3v) is 4.60. The standard InChI is InChI=1S/C20H23N7O/c1-12-10-18(24-19-11-16(26-27-19)14-5-6-14)25-20(22-12)23-15-7-2-13(3-8-15)4-9-17(21)28/h2-3,7-8,10-11,14H,4-6,9H2,1H3,(H2,21,28)(H3,22,23,24,25,26,27). The summed E-state index contributed by atoms with van der Waals surface area (Å²) in [6, 6.07) is 11.7. The Hall–Kier alpha value is -3.42. The van der Waals surface area contributed by atoms with E-state index >= 15 is 0 Å². The first-order valence-electron chi connectivity index (χ1n) is 9.37. The molecule has 0 bridgehead atoms. The highest BCUT2D eigenvalue weighted by Crippen LogP contribution is 2.39. The number of aryl methyl sites for hydroxylation is 2. The van der Waals surface area contributed by atoms with Crippen molar-refractivity contribution in [2.24, 2.45) is 5.73 Å². The van der Waals surface area contributed by atoms with Crippen molar-refractivity contribution in [3.05, 3.63) is 53.3 Å². The summed E-state index contributed by atoms with van der Waals surface area (Å²) in [4.78, 5) is 19.9. The van der Waals surface area contributed by atoms with Crippen LogP contribution in [0, 0.1) is 6.92 Å². The zero-order valence-corrected chi connectivity index (χ0v) is 15.7. The van der Waals surface area contributed by atoms with Gasteiger partial charge in [0.2, 0.25) is 11.9 Å². The van der Waals surface area contributed by atoms with Crippen LogP contribution >= 0.6 is 0 Å². The molecule has 1 amide bonds. The van der Waals surface area contributed by atoms with Gasteiger partial charge in [-0.2, -0.15) is 10.1 Å². The minimum atomic E-state index is -0.295. The fraction of sp³-hybridized carbons (Fsp3) is 0.300. The molecule has 0 spiro atoms. The number of H-pyrrole nitrogens is 1. The number of amides is 1. The van der Waals surface area contributed by atoms with Crippen molar-refractivity contribution in [2.75, 3.05) is 10.6 Å². The van der Waals surface area contributed by atoms with E-state index in [-0.39, 0.29) is 5.91 Å². The molecule has 4 rings (SSSR count). The van der Waals surface area contributed by atoms with Gasteiger partial charge in [0.25, 0.3) is 0 Å². The van der Waals surface area contributed by atoms with E-state index in [1.165, 1.54) is 18.5 Å². The molecule has 0 saturated heterocycles. The Morgan fingerprint density at radius 3 is 2.64 bits per heavy atom. The van der Waals surface area contributed by atoms with Crippen LogP contribution in [0.15, 0.2) is 36.4 Å². The first kappa shape index (κ1) is 18.0. The van der Waals surface area contributed by atoms with Gasteiger partial charge in [-0.15, -0.1) is 0 Å². The van der Waals surface area contributed by atoms with Gasteiger partial charge in [-0.1, -0.05) is 12.1 Å². The van der Waals surface area contributed by atoms with Crippen LogP contribution in [0.1, 0.15) is 42.1 Å². The third kappa shape index (κ3) is 4.64. The average Bonchev–Trinajstić information content (AvgIpc) is 3.40. The number of nitrogens with one attached hydrogen (secondary N) is 3. The molecule has 1 saturated carbocycles. The van der Waals surface area contributed by atoms with Crippen molar-refractivity contribution in [1.82, 2.24) is 20.2 Å². The number of anilines is 4. The van der Waals surface area contributed by atoms with E-state index in [1.54, 1.807) is 0 Å². The van der Waals surface area contributed by atoms with Crippen molar-refractivity contribution >= 4 is 29.2 Å². The number of nitrogens with zero attached hydrogens (tertiary/aromatic N) is 3. The second-order valence-corrected chi connectivity index (χ2v) is 7.11. The maximum Gasteiger partial charge on any atom is 0.229 e. The van der Waals surface area contributed by atoms with Crippen molar-refractivity contribution in [3.8, 4) is 0 Å². The Bertz CT molecular complexity index is 976. The number of benzene rings is 1. The molecule has 1 aromatic carbocycles. The smallest absolute Gasteiger partial charge is 0.229 e. The van der Waals surface area contributed by atoms with Gasteiger partial charge in [-0.3, -0.25) is 9.89 Å². The molecule has 0 atom stereocenters. The molecule has 5 N–H and O–H groups in total. The van der Waals surface area contributed by atoms with Gasteiger partial charge >= 0.3 is 0 Å². The maximum absolute atomic E-state index is 10.9. The van der Waals surface area contributed by atoms with Gasteiger partial charge in [0.05, 0.1) is 0 Å². The van der Waals surface area contributed by atoms with Gasteiger partial charge in [0.1, 0.15) is 5.82 Å². The van der Waals surface area contributed by atoms with E-state index in [1.807, 2.05) is 43.3 Å². The third-order valence-electron chi connectivity index (χ3n) is 4.60. The highest BCUT2D eigenvalue weighted by atomic mass is 16.1. The Morgan fingerprint density at radius 2 is 1.93 bits per heavy atom. The minimum absolute atomic E-state index is 0.295. The molecule has 2 aromatic heterocycles. The van der Waals surface area contributed by atoms with Gasteiger partial charge in [0.15, 0.2) is 5.82 Å². The van der Waals surface area contributed by atoms with E-state index in [9.17, 15) is 4.79 Å². The number of carbonyl (C=O) groups excluding carboxylic acids is 1. The molecular formula is C20H23N7O. The van der Waals surface area contributed by atoms with E-state index < -0.39 is 0 Å². The van der Waals surface area contributed by atoms with Crippen molar-refractivity contribution < 1.29 is 4.79 Å². The lowest BCUT2D eigenvalue weighted by Crippen LogP contribution is -2.11. The summed E-state index contributed by atoms with van der Waals surface area (Å²) in [5.41, 5.74) is 9.14. The number of aromatic amines is 1. The number of carbonyl (C=O) groups is 1. The Kier molecular flexibility index (Phi) is 4.92. The number of primary amides is 1. The minimum Gasteiger partial charge on any atom is -0.370 e. The molecule has 1 aliphatic rings. The highest BCUT2D eigenvalue weighted by molar-refractivity contribution is 5.74. The molecule has 0 aliphatic heterocycles. The molecule has 1 aliphatic carbocycles. The van der Waals surface area contributed by atoms with Gasteiger partial charge < -0.3 is 16.4 Å². The fourth-order valence-electron chi connectivity index (χ4n) is 2.98. The molecule has 2 heterocycles. The summed E-state index contributed by atoms with van der Waals surface area (Å²) in [5, 5.41) is 13.8. The van der Waals surface area contributed by atoms with E-state index in [0.29, 0.717) is 30.5 Å². The van der Waals surface area contributed by atoms with Crippen LogP contribution in [0.4, 0.5) is 23.3 Å². The van der Waals surface area contributed by atoms with Crippen LogP contribution in [-0.4, -0.2) is 26.1 Å². The van der Waals surface area contributed by atoms with Crippen LogP contribution in [-0.2, 0) is 11.2 Å². The second kappa shape index (κ2) is 7.67. The largest absolute Gasteiger partial charge is 0.370 e. The molecule has 3 aromatic rings. The van der Waals surface area contributed by atoms with Crippen molar-refractivity contribution in [3.63, 3.8) is 0 Å². The van der Waals surface area contributed by atoms with Crippen molar-refractivity contribution in [1.29, 1.82) is 0 Å². The summed E-state index contributed by atoms with van der Waals surface area (Å²) in [7, 11) is 0.